The van der Waals surface area contributed by atoms with Gasteiger partial charge in [-0.1, -0.05) is 12.1 Å². The molecule has 2 rings (SSSR count). The zero-order valence-electron chi connectivity index (χ0n) is 12.1. The van der Waals surface area contributed by atoms with Gasteiger partial charge in [0.05, 0.1) is 5.69 Å². The highest BCUT2D eigenvalue weighted by molar-refractivity contribution is 7.12. The third-order valence-electron chi connectivity index (χ3n) is 2.64. The van der Waals surface area contributed by atoms with E-state index in [0.717, 1.165) is 17.5 Å². The summed E-state index contributed by atoms with van der Waals surface area (Å²) in [5, 5.41) is 2.46. The molecule has 1 aromatic carbocycles. The van der Waals surface area contributed by atoms with Crippen LogP contribution in [0.3, 0.4) is 0 Å². The summed E-state index contributed by atoms with van der Waals surface area (Å²) in [6.07, 6.45) is -10.6. The number of thiophene rings is 1. The van der Waals surface area contributed by atoms with Crippen LogP contribution >= 0.6 is 11.3 Å². The van der Waals surface area contributed by atoms with Gasteiger partial charge in [0.15, 0.2) is 11.7 Å². The van der Waals surface area contributed by atoms with Crippen LogP contribution in [0, 0.1) is 0 Å². The first kappa shape index (κ1) is 18.9. The second kappa shape index (κ2) is 7.21. The molecule has 0 bridgehead atoms. The van der Waals surface area contributed by atoms with E-state index in [1.54, 1.807) is 0 Å². The molecule has 0 fully saturated rings. The number of hydrogen-bond donors (Lipinski definition) is 1. The molecule has 25 heavy (non-hydrogen) atoms. The van der Waals surface area contributed by atoms with Gasteiger partial charge < -0.3 is 9.47 Å². The second-order valence-corrected chi connectivity index (χ2v) is 5.41. The predicted molar refractivity (Wildman–Crippen MR) is 77.0 cm³/mol. The largest absolute Gasteiger partial charge is 0.482 e. The molecule has 11 heteroatoms. The van der Waals surface area contributed by atoms with Gasteiger partial charge in [0.25, 0.3) is 0 Å². The molecule has 0 aliphatic carbocycles. The third-order valence-corrected chi connectivity index (χ3v) is 3.43. The van der Waals surface area contributed by atoms with Crippen molar-refractivity contribution in [3.8, 4) is 10.8 Å². The van der Waals surface area contributed by atoms with E-state index in [0.29, 0.717) is 11.3 Å². The minimum Gasteiger partial charge on any atom is -0.482 e. The van der Waals surface area contributed by atoms with Crippen LogP contribution in [0.1, 0.15) is 5.56 Å². The molecule has 0 radical (unpaired) electrons. The summed E-state index contributed by atoms with van der Waals surface area (Å²) in [5.41, 5.74) is -1.31. The van der Waals surface area contributed by atoms with Gasteiger partial charge in [-0.15, -0.1) is 11.3 Å². The van der Waals surface area contributed by atoms with Gasteiger partial charge in [-0.3, -0.25) is 5.32 Å². The molecular formula is C14H9F6NO3S. The molecular weight excluding hydrogens is 376 g/mol. The second-order valence-electron chi connectivity index (χ2n) is 4.53. The maximum absolute atomic E-state index is 12.7. The van der Waals surface area contributed by atoms with Gasteiger partial charge in [0.1, 0.15) is 11.3 Å². The highest BCUT2D eigenvalue weighted by Crippen LogP contribution is 2.40. The van der Waals surface area contributed by atoms with Crippen LogP contribution in [-0.2, 0) is 6.18 Å². The lowest BCUT2D eigenvalue weighted by Crippen LogP contribution is -2.21. The Morgan fingerprint density at radius 3 is 2.40 bits per heavy atom. The van der Waals surface area contributed by atoms with E-state index in [1.165, 1.54) is 18.2 Å². The van der Waals surface area contributed by atoms with Crippen molar-refractivity contribution >= 4 is 23.1 Å². The van der Waals surface area contributed by atoms with Crippen LogP contribution in [0.5, 0.6) is 10.8 Å². The van der Waals surface area contributed by atoms with Crippen LogP contribution in [0.2, 0.25) is 0 Å². The molecule has 2 aromatic rings. The molecule has 0 aliphatic heterocycles. The number of para-hydroxylation sites is 2. The molecule has 0 saturated carbocycles. The highest BCUT2D eigenvalue weighted by atomic mass is 32.1. The number of benzene rings is 1. The van der Waals surface area contributed by atoms with Crippen molar-refractivity contribution in [2.75, 3.05) is 11.9 Å². The van der Waals surface area contributed by atoms with Crippen molar-refractivity contribution < 1.29 is 40.6 Å². The number of alkyl halides is 6. The Balaban J connectivity index is 2.08. The van der Waals surface area contributed by atoms with Gasteiger partial charge in [-0.25, -0.2) is 4.79 Å². The number of carbonyl (C=O) groups excluding carboxylic acids is 1. The lowest BCUT2D eigenvalue weighted by atomic mass is 10.3. The van der Waals surface area contributed by atoms with Gasteiger partial charge in [0, 0.05) is 0 Å². The fraction of sp³-hybridized carbons (Fsp3) is 0.214. The monoisotopic (exact) mass is 385 g/mol. The standard InChI is InChI=1S/C14H9F6NO3S/c15-13(16,17)7-23-10-4-2-1-3-9(10)21-12(22)24-11-8(5-6-25-11)14(18,19)20/h1-6H,7H2,(H,21,22). The summed E-state index contributed by atoms with van der Waals surface area (Å²) in [6.45, 7) is -1.59. The zero-order chi connectivity index (χ0) is 18.7. The lowest BCUT2D eigenvalue weighted by Gasteiger charge is -2.14. The van der Waals surface area contributed by atoms with E-state index >= 15 is 0 Å². The summed E-state index contributed by atoms with van der Waals surface area (Å²) in [5.74, 6) is -0.306. The highest BCUT2D eigenvalue weighted by Gasteiger charge is 2.36. The van der Waals surface area contributed by atoms with E-state index in [1.807, 2.05) is 5.32 Å². The Hall–Kier alpha value is -2.43. The molecule has 1 heterocycles. The fourth-order valence-corrected chi connectivity index (χ4v) is 2.42. The van der Waals surface area contributed by atoms with E-state index in [4.69, 9.17) is 0 Å². The van der Waals surface area contributed by atoms with Crippen LogP contribution < -0.4 is 14.8 Å². The Labute approximate surface area is 141 Å². The maximum Gasteiger partial charge on any atom is 0.422 e. The third kappa shape index (κ3) is 5.55. The fourth-order valence-electron chi connectivity index (χ4n) is 1.66. The van der Waals surface area contributed by atoms with Crippen LogP contribution in [0.25, 0.3) is 0 Å². The number of amides is 1. The first-order chi connectivity index (χ1) is 11.6. The van der Waals surface area contributed by atoms with Crippen molar-refractivity contribution in [3.63, 3.8) is 0 Å². The molecule has 0 aliphatic rings. The minimum atomic E-state index is -4.71. The number of rotatable bonds is 4. The van der Waals surface area contributed by atoms with Gasteiger partial charge >= 0.3 is 18.4 Å². The summed E-state index contributed by atoms with van der Waals surface area (Å²) >= 11 is 0.550. The normalized spacial score (nSPS) is 11.9. The number of halogens is 6. The molecule has 0 atom stereocenters. The Bertz CT molecular complexity index is 741. The molecule has 136 valence electrons. The lowest BCUT2D eigenvalue weighted by molar-refractivity contribution is -0.153. The average Bonchev–Trinajstić information content (AvgIpc) is 2.93. The Kier molecular flexibility index (Phi) is 5.45. The molecule has 1 N–H and O–H groups in total. The van der Waals surface area contributed by atoms with Gasteiger partial charge in [-0.2, -0.15) is 26.3 Å². The van der Waals surface area contributed by atoms with Crippen molar-refractivity contribution in [3.05, 3.63) is 41.3 Å². The maximum atomic E-state index is 12.7. The van der Waals surface area contributed by atoms with Crippen LogP contribution in [-0.4, -0.2) is 18.9 Å². The number of anilines is 1. The molecule has 4 nitrogen and oxygen atoms in total. The average molecular weight is 385 g/mol. The summed E-state index contributed by atoms with van der Waals surface area (Å²) in [7, 11) is 0. The van der Waals surface area contributed by atoms with E-state index in [9.17, 15) is 31.1 Å². The molecule has 0 saturated heterocycles. The number of ether oxygens (including phenoxy) is 2. The molecule has 1 amide bonds. The first-order valence-electron chi connectivity index (χ1n) is 6.48. The number of nitrogens with one attached hydrogen (secondary N) is 1. The molecule has 0 spiro atoms. The van der Waals surface area contributed by atoms with Crippen molar-refractivity contribution in [1.29, 1.82) is 0 Å². The van der Waals surface area contributed by atoms with Gasteiger partial charge in [0.2, 0.25) is 0 Å². The van der Waals surface area contributed by atoms with Gasteiger partial charge in [-0.05, 0) is 23.6 Å². The number of carbonyl (C=O) groups is 1. The smallest absolute Gasteiger partial charge is 0.422 e. The Morgan fingerprint density at radius 2 is 1.76 bits per heavy atom. The first-order valence-corrected chi connectivity index (χ1v) is 7.36. The minimum absolute atomic E-state index is 0.179. The van der Waals surface area contributed by atoms with Crippen LogP contribution in [0.15, 0.2) is 35.7 Å². The summed E-state index contributed by atoms with van der Waals surface area (Å²) < 4.78 is 83.8. The molecule has 1 aromatic heterocycles. The van der Waals surface area contributed by atoms with E-state index < -0.39 is 35.7 Å². The van der Waals surface area contributed by atoms with E-state index in [-0.39, 0.29) is 11.4 Å². The zero-order valence-corrected chi connectivity index (χ0v) is 12.9. The quantitative estimate of drug-likeness (QED) is 0.725. The van der Waals surface area contributed by atoms with Crippen molar-refractivity contribution in [2.24, 2.45) is 0 Å². The summed E-state index contributed by atoms with van der Waals surface area (Å²) in [4.78, 5) is 11.7. The van der Waals surface area contributed by atoms with Crippen molar-refractivity contribution in [2.45, 2.75) is 12.4 Å². The predicted octanol–water partition coefficient (Wildman–Crippen LogP) is 5.32. The SMILES string of the molecule is O=C(Nc1ccccc1OCC(F)(F)F)Oc1sccc1C(F)(F)F. The topological polar surface area (TPSA) is 47.6 Å². The van der Waals surface area contributed by atoms with Crippen LogP contribution in [0.4, 0.5) is 36.8 Å². The summed E-state index contributed by atoms with van der Waals surface area (Å²) in [6, 6.07) is 5.87. The van der Waals surface area contributed by atoms with E-state index in [2.05, 4.69) is 9.47 Å². The molecule has 0 unspecified atom stereocenters. The Morgan fingerprint density at radius 1 is 1.08 bits per heavy atom. The number of hydrogen-bond acceptors (Lipinski definition) is 4. The van der Waals surface area contributed by atoms with Crippen molar-refractivity contribution in [1.82, 2.24) is 0 Å².